The number of phenolic OH excluding ortho intramolecular Hbond substituents is 1. The van der Waals surface area contributed by atoms with Crippen LogP contribution in [0.4, 0.5) is 5.69 Å². The largest absolute Gasteiger partial charge is 0.508 e. The lowest BCUT2D eigenvalue weighted by Gasteiger charge is -2.18. The number of benzene rings is 1. The number of rotatable bonds is 2. The molecule has 1 aromatic carbocycles. The van der Waals surface area contributed by atoms with E-state index in [9.17, 15) is 0 Å². The van der Waals surface area contributed by atoms with Crippen LogP contribution in [0.2, 0.25) is 0 Å². The van der Waals surface area contributed by atoms with Gasteiger partial charge >= 0.3 is 0 Å². The van der Waals surface area contributed by atoms with Crippen molar-refractivity contribution in [3.8, 4) is 5.75 Å². The fourth-order valence-corrected chi connectivity index (χ4v) is 1.18. The van der Waals surface area contributed by atoms with Crippen molar-refractivity contribution in [1.29, 1.82) is 5.41 Å². The van der Waals surface area contributed by atoms with Crippen molar-refractivity contribution < 1.29 is 10.4 Å². The van der Waals surface area contributed by atoms with Gasteiger partial charge in [0.15, 0.2) is 0 Å². The Bertz CT molecular complexity index is 427. The molecule has 0 aliphatic carbocycles. The zero-order valence-corrected chi connectivity index (χ0v) is 10.5. The summed E-state index contributed by atoms with van der Waals surface area (Å²) in [6, 6.07) is 6.70. The van der Waals surface area contributed by atoms with Crippen LogP contribution in [-0.4, -0.2) is 10.9 Å². The molecule has 4 nitrogen and oxygen atoms in total. The molecule has 92 valence electrons. The number of aromatic hydroxyl groups is 1. The van der Waals surface area contributed by atoms with Gasteiger partial charge in [0.25, 0.3) is 0 Å². The maximum Gasteiger partial charge on any atom is 0.223 e. The third-order valence-corrected chi connectivity index (χ3v) is 2.39. The minimum atomic E-state index is -0.130. The van der Waals surface area contributed by atoms with E-state index >= 15 is 0 Å². The first kappa shape index (κ1) is 13.3. The summed E-state index contributed by atoms with van der Waals surface area (Å²) in [6.07, 6.45) is 1.66. The van der Waals surface area contributed by atoms with Gasteiger partial charge in [-0.1, -0.05) is 20.8 Å². The van der Waals surface area contributed by atoms with Gasteiger partial charge in [0.2, 0.25) is 5.84 Å². The van der Waals surface area contributed by atoms with Crippen molar-refractivity contribution in [2.45, 2.75) is 20.8 Å². The van der Waals surface area contributed by atoms with E-state index in [2.05, 4.69) is 0 Å². The van der Waals surface area contributed by atoms with Crippen molar-refractivity contribution in [3.05, 3.63) is 36.0 Å². The summed E-state index contributed by atoms with van der Waals surface area (Å²) in [5.41, 5.74) is 7.30. The highest BCUT2D eigenvalue weighted by molar-refractivity contribution is 5.83. The predicted octanol–water partition coefficient (Wildman–Crippen LogP) is 1.45. The second-order valence-corrected chi connectivity index (χ2v) is 5.04. The number of amidine groups is 1. The molecule has 1 rings (SSSR count). The first-order valence-electron chi connectivity index (χ1n) is 5.49. The second-order valence-electron chi connectivity index (χ2n) is 5.04. The number of allylic oxidation sites excluding steroid dienone is 1. The lowest BCUT2D eigenvalue weighted by Crippen LogP contribution is -2.81. The third kappa shape index (κ3) is 4.28. The van der Waals surface area contributed by atoms with Gasteiger partial charge in [0, 0.05) is 29.3 Å². The zero-order valence-electron chi connectivity index (χ0n) is 10.5. The molecule has 0 bridgehead atoms. The number of quaternary nitrogens is 1. The molecule has 17 heavy (non-hydrogen) atoms. The molecular weight excluding hydrogens is 214 g/mol. The maximum absolute atomic E-state index is 9.14. The summed E-state index contributed by atoms with van der Waals surface area (Å²) in [5, 5.41) is 18.7. The smallest absolute Gasteiger partial charge is 0.223 e. The number of hydrogen-bond acceptors (Lipinski definition) is 3. The molecular formula is C13H20N3O+. The zero-order chi connectivity index (χ0) is 13.1. The summed E-state index contributed by atoms with van der Waals surface area (Å²) in [7, 11) is 0. The standard InChI is InChI=1S/C13H19N3O/c1-13(2,3)11(14)8-12(15)16-9-4-6-10(17)7-5-9/h4-8,17H,14H2,1-3H3,(H2,15,16)/p+1. The van der Waals surface area contributed by atoms with Crippen LogP contribution < -0.4 is 11.1 Å². The van der Waals surface area contributed by atoms with Gasteiger partial charge in [-0.15, -0.1) is 0 Å². The summed E-state index contributed by atoms with van der Waals surface area (Å²) in [6.45, 7) is 6.02. The highest BCUT2D eigenvalue weighted by Crippen LogP contribution is 2.19. The quantitative estimate of drug-likeness (QED) is 0.270. The Morgan fingerprint density at radius 3 is 2.29 bits per heavy atom. The average Bonchev–Trinajstić information content (AvgIpc) is 2.20. The van der Waals surface area contributed by atoms with Gasteiger partial charge < -0.3 is 10.8 Å². The second kappa shape index (κ2) is 5.01. The van der Waals surface area contributed by atoms with E-state index in [0.29, 0.717) is 11.5 Å². The Morgan fingerprint density at radius 2 is 1.82 bits per heavy atom. The van der Waals surface area contributed by atoms with Gasteiger partial charge in [-0.25, -0.2) is 0 Å². The van der Waals surface area contributed by atoms with Crippen LogP contribution >= 0.6 is 0 Å². The van der Waals surface area contributed by atoms with Gasteiger partial charge in [-0.05, 0) is 12.1 Å². The molecule has 0 aliphatic heterocycles. The number of hydrogen-bond donors (Lipinski definition) is 4. The molecule has 0 aliphatic rings. The molecule has 1 aromatic rings. The van der Waals surface area contributed by atoms with Crippen molar-refractivity contribution in [1.82, 2.24) is 0 Å². The van der Waals surface area contributed by atoms with Crippen LogP contribution in [0.5, 0.6) is 5.75 Å². The first-order chi connectivity index (χ1) is 7.79. The highest BCUT2D eigenvalue weighted by atomic mass is 16.3. The Hall–Kier alpha value is -1.81. The molecule has 0 atom stereocenters. The van der Waals surface area contributed by atoms with Crippen LogP contribution in [-0.2, 0) is 0 Å². The highest BCUT2D eigenvalue weighted by Gasteiger charge is 2.15. The van der Waals surface area contributed by atoms with Crippen molar-refractivity contribution in [2.24, 2.45) is 11.1 Å². The molecule has 0 saturated heterocycles. The third-order valence-electron chi connectivity index (χ3n) is 2.39. The van der Waals surface area contributed by atoms with Crippen LogP contribution in [0, 0.1) is 10.8 Å². The maximum atomic E-state index is 9.14. The summed E-state index contributed by atoms with van der Waals surface area (Å²) in [4.78, 5) is 0. The minimum Gasteiger partial charge on any atom is -0.508 e. The van der Waals surface area contributed by atoms with Gasteiger partial charge in [0.05, 0.1) is 0 Å². The predicted molar refractivity (Wildman–Crippen MR) is 69.1 cm³/mol. The normalized spacial score (nSPS) is 12.5. The van der Waals surface area contributed by atoms with E-state index in [1.54, 1.807) is 35.7 Å². The van der Waals surface area contributed by atoms with Crippen molar-refractivity contribution in [3.63, 3.8) is 0 Å². The van der Waals surface area contributed by atoms with Gasteiger partial charge in [0.1, 0.15) is 11.4 Å². The average molecular weight is 234 g/mol. The molecule has 0 radical (unpaired) electrons. The lowest BCUT2D eigenvalue weighted by molar-refractivity contribution is -0.443. The molecule has 6 N–H and O–H groups in total. The molecule has 4 heteroatoms. The van der Waals surface area contributed by atoms with Crippen LogP contribution in [0.1, 0.15) is 20.8 Å². The summed E-state index contributed by atoms with van der Waals surface area (Å²) in [5.74, 6) is 0.571. The Morgan fingerprint density at radius 1 is 1.29 bits per heavy atom. The molecule has 0 spiro atoms. The van der Waals surface area contributed by atoms with E-state index in [-0.39, 0.29) is 11.2 Å². The van der Waals surface area contributed by atoms with Crippen molar-refractivity contribution in [2.75, 3.05) is 0 Å². The van der Waals surface area contributed by atoms with Gasteiger partial charge in [-0.3, -0.25) is 10.7 Å². The van der Waals surface area contributed by atoms with Crippen LogP contribution in [0.25, 0.3) is 0 Å². The lowest BCUT2D eigenvalue weighted by atomic mass is 9.92. The van der Waals surface area contributed by atoms with E-state index in [0.717, 1.165) is 5.69 Å². The number of nitrogens with two attached hydrogens (primary N) is 2. The van der Waals surface area contributed by atoms with Crippen LogP contribution in [0.3, 0.4) is 0 Å². The SMILES string of the molecule is CC(C)(C)C(N)=CC(=N)[NH2+]c1ccc(O)cc1. The molecule has 0 heterocycles. The van der Waals surface area contributed by atoms with E-state index in [1.165, 1.54) is 0 Å². The van der Waals surface area contributed by atoms with E-state index in [1.807, 2.05) is 20.8 Å². The molecule has 0 fully saturated rings. The number of phenols is 1. The summed E-state index contributed by atoms with van der Waals surface area (Å²) >= 11 is 0. The summed E-state index contributed by atoms with van der Waals surface area (Å²) < 4.78 is 0. The Kier molecular flexibility index (Phi) is 3.91. The fraction of sp³-hybridized carbons (Fsp3) is 0.308. The molecule has 0 saturated carbocycles. The first-order valence-corrected chi connectivity index (χ1v) is 5.49. The molecule has 0 amide bonds. The van der Waals surface area contributed by atoms with E-state index in [4.69, 9.17) is 16.2 Å². The van der Waals surface area contributed by atoms with Gasteiger partial charge in [-0.2, -0.15) is 0 Å². The van der Waals surface area contributed by atoms with Crippen LogP contribution in [0.15, 0.2) is 36.0 Å². The monoisotopic (exact) mass is 234 g/mol. The topological polar surface area (TPSA) is 86.7 Å². The Labute approximate surface area is 102 Å². The minimum absolute atomic E-state index is 0.130. The Balaban J connectivity index is 2.71. The van der Waals surface area contributed by atoms with E-state index < -0.39 is 0 Å². The molecule has 0 unspecified atom stereocenters. The molecule has 0 aromatic heterocycles. The number of nitrogens with one attached hydrogen (secondary N) is 1. The fourth-order valence-electron chi connectivity index (χ4n) is 1.18. The van der Waals surface area contributed by atoms with Crippen molar-refractivity contribution >= 4 is 11.5 Å².